The van der Waals surface area contributed by atoms with Crippen LogP contribution < -0.4 is 5.32 Å². The Bertz CT molecular complexity index is 1110. The number of H-pyrrole nitrogens is 1. The van der Waals surface area contributed by atoms with Crippen LogP contribution in [0.2, 0.25) is 0 Å². The van der Waals surface area contributed by atoms with Gasteiger partial charge in [0, 0.05) is 12.0 Å². The Labute approximate surface area is 171 Å². The number of anilines is 1. The van der Waals surface area contributed by atoms with E-state index < -0.39 is 11.6 Å². The Hall–Kier alpha value is -2.97. The molecule has 0 radical (unpaired) electrons. The molecule has 156 valence electrons. The molecule has 0 spiro atoms. The molecule has 3 unspecified atom stereocenters. The van der Waals surface area contributed by atoms with Crippen molar-refractivity contribution in [2.45, 2.75) is 45.1 Å². The Morgan fingerprint density at radius 2 is 1.93 bits per heavy atom. The number of hydrogen-bond acceptors (Lipinski definition) is 6. The fraction of sp³-hybridized carbons (Fsp3) is 0.476. The largest absolute Gasteiger partial charge is 0.364 e. The first-order valence-corrected chi connectivity index (χ1v) is 10.3. The zero-order chi connectivity index (χ0) is 20.8. The van der Waals surface area contributed by atoms with Gasteiger partial charge in [-0.1, -0.05) is 6.42 Å². The van der Waals surface area contributed by atoms with Gasteiger partial charge < -0.3 is 5.32 Å². The Morgan fingerprint density at radius 3 is 2.77 bits per heavy atom. The molecule has 2 bridgehead atoms. The second-order valence-corrected chi connectivity index (χ2v) is 8.35. The molecule has 2 N–H and O–H groups in total. The predicted molar refractivity (Wildman–Crippen MR) is 106 cm³/mol. The molecule has 3 aliphatic carbocycles. The van der Waals surface area contributed by atoms with Crippen LogP contribution >= 0.6 is 0 Å². The van der Waals surface area contributed by atoms with Gasteiger partial charge in [-0.05, 0) is 50.5 Å². The van der Waals surface area contributed by atoms with Crippen molar-refractivity contribution in [1.82, 2.24) is 25.1 Å². The van der Waals surface area contributed by atoms with Crippen LogP contribution in [0, 0.1) is 29.4 Å². The lowest BCUT2D eigenvalue weighted by atomic mass is 9.70. The molecule has 0 amide bonds. The number of rotatable bonds is 4. The van der Waals surface area contributed by atoms with Gasteiger partial charge in [-0.25, -0.2) is 23.7 Å². The summed E-state index contributed by atoms with van der Waals surface area (Å²) in [5.74, 6) is -0.269. The van der Waals surface area contributed by atoms with E-state index in [2.05, 4.69) is 30.5 Å². The molecule has 0 aliphatic heterocycles. The highest BCUT2D eigenvalue weighted by Gasteiger charge is 2.44. The zero-order valence-corrected chi connectivity index (χ0v) is 16.5. The van der Waals surface area contributed by atoms with E-state index in [4.69, 9.17) is 0 Å². The van der Waals surface area contributed by atoms with Crippen LogP contribution in [-0.4, -0.2) is 37.0 Å². The maximum Gasteiger partial charge on any atom is 0.183 e. The Balaban J connectivity index is 1.52. The molecular weight excluding hydrogens is 390 g/mol. The van der Waals surface area contributed by atoms with Gasteiger partial charge in [0.2, 0.25) is 0 Å². The fourth-order valence-electron chi connectivity index (χ4n) is 5.24. The Morgan fingerprint density at radius 1 is 1.13 bits per heavy atom. The number of pyridine rings is 1. The SMILES string of the molecule is CC(=O)[C@H]1C2CCCC(CC2)C1Nc1nc(-c2n[nH]c3ncc(F)cc23)ncc1F. The van der Waals surface area contributed by atoms with Crippen LogP contribution in [-0.2, 0) is 4.79 Å². The minimum Gasteiger partial charge on any atom is -0.364 e. The molecule has 3 fully saturated rings. The standard InChI is InChI=1S/C21H22F2N6O/c1-10(30)16-11-3-2-4-12(6-5-11)17(16)26-20-15(23)9-25-21(27-20)18-14-7-13(22)8-24-19(14)29-28-18/h7-9,11-12,16-17H,2-6H2,1H3,(H,24,28,29)(H,25,26,27)/t11?,12?,16-,17?/m0/s1. The van der Waals surface area contributed by atoms with Crippen molar-refractivity contribution in [3.63, 3.8) is 0 Å². The van der Waals surface area contributed by atoms with Crippen LogP contribution in [0.15, 0.2) is 18.5 Å². The van der Waals surface area contributed by atoms with E-state index in [0.29, 0.717) is 28.6 Å². The summed E-state index contributed by atoms with van der Waals surface area (Å²) >= 11 is 0. The maximum absolute atomic E-state index is 14.6. The highest BCUT2D eigenvalue weighted by Crippen LogP contribution is 2.44. The van der Waals surface area contributed by atoms with Crippen molar-refractivity contribution in [1.29, 1.82) is 0 Å². The lowest BCUT2D eigenvalue weighted by Gasteiger charge is -2.40. The van der Waals surface area contributed by atoms with Gasteiger partial charge in [-0.3, -0.25) is 9.89 Å². The number of aromatic nitrogens is 5. The summed E-state index contributed by atoms with van der Waals surface area (Å²) in [4.78, 5) is 24.8. The van der Waals surface area contributed by atoms with E-state index in [1.807, 2.05) is 0 Å². The summed E-state index contributed by atoms with van der Waals surface area (Å²) in [6.07, 6.45) is 7.39. The number of nitrogens with zero attached hydrogens (tertiary/aromatic N) is 4. The van der Waals surface area contributed by atoms with E-state index in [1.54, 1.807) is 6.92 Å². The van der Waals surface area contributed by atoms with E-state index in [0.717, 1.165) is 44.5 Å². The first-order chi connectivity index (χ1) is 14.5. The molecule has 4 atom stereocenters. The molecule has 0 saturated heterocycles. The number of fused-ring (bicyclic) bond motifs is 5. The predicted octanol–water partition coefficient (Wildman–Crippen LogP) is 3.89. The molecular formula is C21H22F2N6O. The number of carbonyl (C=O) groups excluding carboxylic acids is 1. The van der Waals surface area contributed by atoms with Gasteiger partial charge in [0.1, 0.15) is 17.3 Å². The molecule has 3 aromatic heterocycles. The van der Waals surface area contributed by atoms with Crippen LogP contribution in [0.3, 0.4) is 0 Å². The highest BCUT2D eigenvalue weighted by atomic mass is 19.1. The van der Waals surface area contributed by atoms with Gasteiger partial charge >= 0.3 is 0 Å². The van der Waals surface area contributed by atoms with Crippen molar-refractivity contribution in [2.75, 3.05) is 5.32 Å². The number of aromatic amines is 1. The Kier molecular flexibility index (Phi) is 4.67. The topological polar surface area (TPSA) is 96.5 Å². The lowest BCUT2D eigenvalue weighted by Crippen LogP contribution is -2.46. The summed E-state index contributed by atoms with van der Waals surface area (Å²) in [5, 5.41) is 10.5. The molecule has 30 heavy (non-hydrogen) atoms. The third kappa shape index (κ3) is 3.22. The molecule has 9 heteroatoms. The minimum absolute atomic E-state index is 0.0457. The second kappa shape index (κ2) is 7.37. The van der Waals surface area contributed by atoms with Crippen molar-refractivity contribution >= 4 is 22.6 Å². The first kappa shape index (κ1) is 19.0. The summed E-state index contributed by atoms with van der Waals surface area (Å²) in [7, 11) is 0. The maximum atomic E-state index is 14.6. The summed E-state index contributed by atoms with van der Waals surface area (Å²) in [6.45, 7) is 1.62. The van der Waals surface area contributed by atoms with Gasteiger partial charge in [-0.15, -0.1) is 0 Å². The number of ketones is 1. The number of nitrogens with one attached hydrogen (secondary N) is 2. The number of halogens is 2. The smallest absolute Gasteiger partial charge is 0.183 e. The van der Waals surface area contributed by atoms with Crippen molar-refractivity contribution in [3.8, 4) is 11.5 Å². The van der Waals surface area contributed by atoms with E-state index in [9.17, 15) is 13.6 Å². The van der Waals surface area contributed by atoms with Crippen molar-refractivity contribution < 1.29 is 13.6 Å². The highest BCUT2D eigenvalue weighted by molar-refractivity contribution is 5.88. The number of hydrogen-bond donors (Lipinski definition) is 2. The quantitative estimate of drug-likeness (QED) is 0.675. The minimum atomic E-state index is -0.592. The molecule has 0 aromatic carbocycles. The average Bonchev–Trinajstić information content (AvgIpc) is 2.89. The zero-order valence-electron chi connectivity index (χ0n) is 16.5. The normalized spacial score (nSPS) is 26.0. The fourth-order valence-corrected chi connectivity index (χ4v) is 5.24. The summed E-state index contributed by atoms with van der Waals surface area (Å²) in [5.41, 5.74) is 0.692. The number of Topliss-reactive ketones (excluding diaryl/α,β-unsaturated/α-hetero) is 1. The van der Waals surface area contributed by atoms with Crippen LogP contribution in [0.4, 0.5) is 14.6 Å². The molecule has 3 aromatic rings. The number of carbonyl (C=O) groups is 1. The van der Waals surface area contributed by atoms with Gasteiger partial charge in [-0.2, -0.15) is 5.10 Å². The van der Waals surface area contributed by atoms with Gasteiger partial charge in [0.05, 0.1) is 17.8 Å². The van der Waals surface area contributed by atoms with E-state index in [-0.39, 0.29) is 29.4 Å². The van der Waals surface area contributed by atoms with E-state index in [1.165, 1.54) is 6.07 Å². The van der Waals surface area contributed by atoms with Crippen LogP contribution in [0.25, 0.3) is 22.6 Å². The van der Waals surface area contributed by atoms with Crippen LogP contribution in [0.1, 0.15) is 39.0 Å². The first-order valence-electron chi connectivity index (χ1n) is 10.3. The second-order valence-electron chi connectivity index (χ2n) is 8.35. The van der Waals surface area contributed by atoms with Crippen LogP contribution in [0.5, 0.6) is 0 Å². The molecule has 7 nitrogen and oxygen atoms in total. The molecule has 3 heterocycles. The third-order valence-corrected chi connectivity index (χ3v) is 6.57. The van der Waals surface area contributed by atoms with E-state index >= 15 is 0 Å². The average molecular weight is 412 g/mol. The van der Waals surface area contributed by atoms with Crippen molar-refractivity contribution in [3.05, 3.63) is 30.1 Å². The molecule has 6 rings (SSSR count). The summed E-state index contributed by atoms with van der Waals surface area (Å²) in [6, 6.07) is 1.13. The van der Waals surface area contributed by atoms with Gasteiger partial charge in [0.15, 0.2) is 23.1 Å². The van der Waals surface area contributed by atoms with Gasteiger partial charge in [0.25, 0.3) is 0 Å². The van der Waals surface area contributed by atoms with Crippen molar-refractivity contribution in [2.24, 2.45) is 17.8 Å². The lowest BCUT2D eigenvalue weighted by molar-refractivity contribution is -0.124. The monoisotopic (exact) mass is 412 g/mol. The summed E-state index contributed by atoms with van der Waals surface area (Å²) < 4.78 is 28.3. The molecule has 3 saturated carbocycles. The molecule has 3 aliphatic rings. The third-order valence-electron chi connectivity index (χ3n) is 6.57.